The summed E-state index contributed by atoms with van der Waals surface area (Å²) in [4.78, 5) is 37.3. The van der Waals surface area contributed by atoms with Crippen LogP contribution in [0.3, 0.4) is 0 Å². The van der Waals surface area contributed by atoms with Gasteiger partial charge in [0.1, 0.15) is 6.61 Å². The van der Waals surface area contributed by atoms with Crippen molar-refractivity contribution in [3.63, 3.8) is 0 Å². The Morgan fingerprint density at radius 2 is 0.758 bits per heavy atom. The molecule has 0 fully saturated rings. The van der Waals surface area contributed by atoms with E-state index in [1.54, 1.807) is 0 Å². The zero-order valence-electron chi connectivity index (χ0n) is 44.7. The number of hydrogen-bond acceptors (Lipinski definition) is 6. The van der Waals surface area contributed by atoms with Gasteiger partial charge in [0.25, 0.3) is 0 Å². The first-order valence-corrected chi connectivity index (χ1v) is 28.7. The van der Waals surface area contributed by atoms with Gasteiger partial charge in [0.05, 0.1) is 34.4 Å². The second-order valence-electron chi connectivity index (χ2n) is 20.9. The van der Waals surface area contributed by atoms with Gasteiger partial charge in [-0.1, -0.05) is 244 Å². The summed E-state index contributed by atoms with van der Waals surface area (Å²) >= 11 is 0. The maximum absolute atomic E-state index is 12.8. The van der Waals surface area contributed by atoms with E-state index in [-0.39, 0.29) is 36.2 Å². The normalized spacial score (nSPS) is 12.8. The van der Waals surface area contributed by atoms with Crippen LogP contribution in [0.25, 0.3) is 0 Å². The lowest BCUT2D eigenvalue weighted by Crippen LogP contribution is -2.50. The van der Waals surface area contributed by atoms with Crippen molar-refractivity contribution in [2.24, 2.45) is 0 Å². The Morgan fingerprint density at radius 3 is 1.09 bits per heavy atom. The monoisotopic (exact) mass is 935 g/mol. The zero-order valence-corrected chi connectivity index (χ0v) is 44.7. The predicted octanol–water partition coefficient (Wildman–Crippen LogP) is 17.0. The number of quaternary nitrogens is 1. The Labute approximate surface area is 409 Å². The van der Waals surface area contributed by atoms with Crippen LogP contribution in [0.4, 0.5) is 0 Å². The molecule has 390 valence electrons. The first kappa shape index (κ1) is 64.1. The quantitative estimate of drug-likeness (QED) is 0.0281. The van der Waals surface area contributed by atoms with E-state index in [2.05, 4.69) is 26.0 Å². The smallest absolute Gasteiger partial charge is 0.362 e. The lowest BCUT2D eigenvalue weighted by molar-refractivity contribution is -0.887. The molecule has 0 spiro atoms. The maximum Gasteiger partial charge on any atom is 0.362 e. The number of unbranched alkanes of at least 4 members (excludes halogenated alkanes) is 37. The summed E-state index contributed by atoms with van der Waals surface area (Å²) < 4.78 is 17.4. The Hall–Kier alpha value is -1.93. The molecule has 8 nitrogen and oxygen atoms in total. The van der Waals surface area contributed by atoms with Crippen LogP contribution in [0.1, 0.15) is 290 Å². The highest BCUT2D eigenvalue weighted by atomic mass is 16.6. The molecule has 0 aliphatic carbocycles. The number of carbonyl (C=O) groups excluding carboxylic acids is 2. The highest BCUT2D eigenvalue weighted by Gasteiger charge is 2.31. The van der Waals surface area contributed by atoms with Crippen LogP contribution >= 0.6 is 0 Å². The van der Waals surface area contributed by atoms with Gasteiger partial charge in [-0.3, -0.25) is 9.59 Å². The Balaban J connectivity index is 4.13. The third-order valence-corrected chi connectivity index (χ3v) is 13.4. The van der Waals surface area contributed by atoms with Gasteiger partial charge in [0.15, 0.2) is 12.1 Å². The van der Waals surface area contributed by atoms with Crippen LogP contribution in [0, 0.1) is 0 Å². The third-order valence-electron chi connectivity index (χ3n) is 13.4. The molecule has 0 radical (unpaired) electrons. The summed E-state index contributed by atoms with van der Waals surface area (Å²) in [7, 11) is 5.55. The molecule has 0 saturated carbocycles. The molecule has 0 saturated heterocycles. The summed E-state index contributed by atoms with van der Waals surface area (Å²) in [5.74, 6) is -1.45. The number of carboxylic acid groups (broad SMARTS) is 1. The number of allylic oxidation sites excluding steroid dienone is 2. The predicted molar refractivity (Wildman–Crippen MR) is 280 cm³/mol. The largest absolute Gasteiger partial charge is 0.477 e. The molecule has 1 N–H and O–H groups in total. The van der Waals surface area contributed by atoms with E-state index in [0.29, 0.717) is 19.3 Å². The number of carboxylic acids is 1. The van der Waals surface area contributed by atoms with E-state index in [0.717, 1.165) is 38.5 Å². The SMILES string of the molecule is CCCCCCCCCC/C=C/CCCCCCCCCC(=O)OCC(COCCC(C(=O)O)[N+](C)(C)C)OC(=O)CCCCCCCCCCCCCCCCCCCCCCCCC. The van der Waals surface area contributed by atoms with Gasteiger partial charge in [-0.15, -0.1) is 0 Å². The molecule has 66 heavy (non-hydrogen) atoms. The van der Waals surface area contributed by atoms with Crippen LogP contribution in [0.15, 0.2) is 12.2 Å². The maximum atomic E-state index is 12.8. The van der Waals surface area contributed by atoms with Crippen molar-refractivity contribution in [2.45, 2.75) is 302 Å². The minimum atomic E-state index is -0.870. The molecule has 0 amide bonds. The molecule has 0 rings (SSSR count). The van der Waals surface area contributed by atoms with Crippen LogP contribution in [0.5, 0.6) is 0 Å². The first-order chi connectivity index (χ1) is 32.1. The van der Waals surface area contributed by atoms with E-state index in [9.17, 15) is 19.5 Å². The number of rotatable bonds is 53. The number of ether oxygens (including phenoxy) is 3. The fourth-order valence-electron chi connectivity index (χ4n) is 8.97. The number of aliphatic carboxylic acids is 1. The van der Waals surface area contributed by atoms with Gasteiger partial charge in [-0.2, -0.15) is 0 Å². The number of nitrogens with zero attached hydrogens (tertiary/aromatic N) is 1. The average Bonchev–Trinajstić information content (AvgIpc) is 3.28. The fourth-order valence-corrected chi connectivity index (χ4v) is 8.97. The Morgan fingerprint density at radius 1 is 0.439 bits per heavy atom. The molecule has 0 bridgehead atoms. The van der Waals surface area contributed by atoms with Crippen molar-refractivity contribution in [3.05, 3.63) is 12.2 Å². The summed E-state index contributed by atoms with van der Waals surface area (Å²) in [5.41, 5.74) is 0. The highest BCUT2D eigenvalue weighted by molar-refractivity contribution is 5.72. The van der Waals surface area contributed by atoms with Crippen LogP contribution < -0.4 is 0 Å². The number of carbonyl (C=O) groups is 3. The van der Waals surface area contributed by atoms with Gasteiger partial charge in [0.2, 0.25) is 0 Å². The molecule has 0 aliphatic heterocycles. The van der Waals surface area contributed by atoms with Crippen molar-refractivity contribution < 1.29 is 38.2 Å². The lowest BCUT2D eigenvalue weighted by atomic mass is 10.0. The standard InChI is InChI=1S/C58H111NO7/c1-6-8-10-12-14-16-18-20-22-24-26-27-28-29-31-33-35-37-39-41-43-45-47-49-57(61)66-54(52-64-51-50-55(58(62)63)59(3,4)5)53-65-56(60)48-46-44-42-40-38-36-34-32-30-25-23-21-19-17-15-13-11-9-7-2/h25,30,54-55H,6-24,26-29,31-53H2,1-5H3/p+1/b30-25+. The van der Waals surface area contributed by atoms with Crippen LogP contribution in [-0.2, 0) is 28.6 Å². The molecular formula is C58H112NO7+. The van der Waals surface area contributed by atoms with Crippen molar-refractivity contribution in [1.82, 2.24) is 0 Å². The zero-order chi connectivity index (χ0) is 48.4. The second kappa shape index (κ2) is 49.5. The lowest BCUT2D eigenvalue weighted by Gasteiger charge is -2.31. The summed E-state index contributed by atoms with van der Waals surface area (Å²) in [6, 6.07) is -0.612. The molecule has 0 aromatic heterocycles. The van der Waals surface area contributed by atoms with Crippen molar-refractivity contribution >= 4 is 17.9 Å². The molecule has 2 atom stereocenters. The van der Waals surface area contributed by atoms with Gasteiger partial charge in [-0.05, 0) is 38.5 Å². The van der Waals surface area contributed by atoms with Crippen molar-refractivity contribution in [3.8, 4) is 0 Å². The van der Waals surface area contributed by atoms with Gasteiger partial charge >= 0.3 is 17.9 Å². The Kier molecular flexibility index (Phi) is 48.0. The topological polar surface area (TPSA) is 99.1 Å². The van der Waals surface area contributed by atoms with E-state index < -0.39 is 18.1 Å². The molecule has 2 unspecified atom stereocenters. The summed E-state index contributed by atoms with van der Waals surface area (Å²) in [6.07, 6.45) is 57.0. The third kappa shape index (κ3) is 47.1. The van der Waals surface area contributed by atoms with E-state index >= 15 is 0 Å². The van der Waals surface area contributed by atoms with Gasteiger partial charge in [0, 0.05) is 19.3 Å². The molecule has 0 aromatic carbocycles. The second-order valence-corrected chi connectivity index (χ2v) is 20.9. The number of esters is 2. The molecule has 8 heteroatoms. The number of hydrogen-bond donors (Lipinski definition) is 1. The van der Waals surface area contributed by atoms with E-state index in [1.807, 2.05) is 21.1 Å². The highest BCUT2D eigenvalue weighted by Crippen LogP contribution is 2.17. The average molecular weight is 936 g/mol. The van der Waals surface area contributed by atoms with Gasteiger partial charge in [-0.25, -0.2) is 4.79 Å². The number of likely N-dealkylation sites (N-methyl/N-ethyl adjacent to an activating group) is 1. The fraction of sp³-hybridized carbons (Fsp3) is 0.914. The van der Waals surface area contributed by atoms with Gasteiger partial charge < -0.3 is 23.8 Å². The van der Waals surface area contributed by atoms with E-state index in [1.165, 1.54) is 218 Å². The van der Waals surface area contributed by atoms with Crippen LogP contribution in [-0.4, -0.2) is 80.6 Å². The summed E-state index contributed by atoms with van der Waals surface area (Å²) in [5, 5.41) is 9.67. The molecule has 0 aliphatic rings. The summed E-state index contributed by atoms with van der Waals surface area (Å²) in [6.45, 7) is 4.80. The molecular weight excluding hydrogens is 823 g/mol. The van der Waals surface area contributed by atoms with E-state index in [4.69, 9.17) is 14.2 Å². The Bertz CT molecular complexity index is 1090. The first-order valence-electron chi connectivity index (χ1n) is 28.7. The minimum Gasteiger partial charge on any atom is -0.477 e. The minimum absolute atomic E-state index is 0.0464. The van der Waals surface area contributed by atoms with Crippen LogP contribution in [0.2, 0.25) is 0 Å². The molecule has 0 heterocycles. The molecule has 0 aromatic rings. The van der Waals surface area contributed by atoms with Crippen molar-refractivity contribution in [1.29, 1.82) is 0 Å². The van der Waals surface area contributed by atoms with Crippen molar-refractivity contribution in [2.75, 3.05) is 41.0 Å².